The van der Waals surface area contributed by atoms with Gasteiger partial charge in [-0.05, 0) is 39.2 Å². The van der Waals surface area contributed by atoms with Crippen molar-refractivity contribution in [1.82, 2.24) is 4.98 Å². The van der Waals surface area contributed by atoms with E-state index >= 15 is 0 Å². The lowest BCUT2D eigenvalue weighted by Gasteiger charge is -2.12. The normalized spacial score (nSPS) is 11.7. The Morgan fingerprint density at radius 2 is 1.11 bits per heavy atom. The lowest BCUT2D eigenvalue weighted by molar-refractivity contribution is 1.54. The van der Waals surface area contributed by atoms with E-state index in [0.29, 0.717) is 0 Å². The summed E-state index contributed by atoms with van der Waals surface area (Å²) < 4.78 is 0. The average molecular weight is 343 g/mol. The molecule has 0 saturated heterocycles. The van der Waals surface area contributed by atoms with Crippen LogP contribution in [0.5, 0.6) is 0 Å². The number of fused-ring (bicyclic) bond motifs is 6. The van der Waals surface area contributed by atoms with Crippen LogP contribution < -0.4 is 0 Å². The van der Waals surface area contributed by atoms with Gasteiger partial charge in [0.15, 0.2) is 0 Å². The minimum atomic E-state index is 1.19. The number of aromatic nitrogens is 1. The monoisotopic (exact) mass is 343 g/mol. The highest BCUT2D eigenvalue weighted by atomic mass is 14.7. The van der Waals surface area contributed by atoms with Crippen molar-refractivity contribution in [3.63, 3.8) is 0 Å². The number of rotatable bonds is 1. The second kappa shape index (κ2) is 5.46. The van der Waals surface area contributed by atoms with Crippen molar-refractivity contribution in [2.45, 2.75) is 0 Å². The Morgan fingerprint density at radius 1 is 0.444 bits per heavy atom. The molecule has 1 N–H and O–H groups in total. The number of nitrogens with one attached hydrogen (secondary N) is 1. The van der Waals surface area contributed by atoms with Crippen LogP contribution >= 0.6 is 0 Å². The first kappa shape index (κ1) is 14.6. The zero-order chi connectivity index (χ0) is 17.8. The van der Waals surface area contributed by atoms with Crippen LogP contribution in [0.3, 0.4) is 0 Å². The molecule has 6 aromatic rings. The number of hydrogen-bond acceptors (Lipinski definition) is 0. The lowest BCUT2D eigenvalue weighted by Crippen LogP contribution is -1.86. The molecular formula is C26H17N. The van der Waals surface area contributed by atoms with Gasteiger partial charge in [-0.3, -0.25) is 0 Å². The van der Waals surface area contributed by atoms with Crippen molar-refractivity contribution in [3.05, 3.63) is 97.1 Å². The van der Waals surface area contributed by atoms with Crippen molar-refractivity contribution in [2.24, 2.45) is 0 Å². The van der Waals surface area contributed by atoms with Gasteiger partial charge in [-0.15, -0.1) is 0 Å². The van der Waals surface area contributed by atoms with E-state index in [2.05, 4.69) is 102 Å². The molecule has 1 heteroatoms. The molecule has 1 aromatic heterocycles. The molecule has 0 radical (unpaired) electrons. The largest absolute Gasteiger partial charge is 0.354 e. The molecule has 0 aliphatic carbocycles. The highest BCUT2D eigenvalue weighted by molar-refractivity contribution is 6.18. The highest BCUT2D eigenvalue weighted by Crippen LogP contribution is 2.39. The standard InChI is InChI=1S/C26H17N/c1-2-9-18-17(8-1)16-24(20-11-4-3-10-19(18)20)23-14-7-13-22-21-12-5-6-15-25(21)27-26(22)23/h1-16,27H. The molecule has 0 aliphatic rings. The van der Waals surface area contributed by atoms with Gasteiger partial charge >= 0.3 is 0 Å². The minimum Gasteiger partial charge on any atom is -0.354 e. The van der Waals surface area contributed by atoms with E-state index in [0.717, 1.165) is 0 Å². The van der Waals surface area contributed by atoms with Crippen molar-refractivity contribution in [2.75, 3.05) is 0 Å². The van der Waals surface area contributed by atoms with Crippen LogP contribution in [-0.2, 0) is 0 Å². The zero-order valence-electron chi connectivity index (χ0n) is 14.7. The Kier molecular flexibility index (Phi) is 2.95. The summed E-state index contributed by atoms with van der Waals surface area (Å²) in [7, 11) is 0. The Hall–Kier alpha value is -3.58. The van der Waals surface area contributed by atoms with Crippen LogP contribution in [0.2, 0.25) is 0 Å². The summed E-state index contributed by atoms with van der Waals surface area (Å²) in [5.74, 6) is 0. The topological polar surface area (TPSA) is 15.8 Å². The average Bonchev–Trinajstić information content (AvgIpc) is 3.12. The van der Waals surface area contributed by atoms with Crippen LogP contribution in [-0.4, -0.2) is 4.98 Å². The number of benzene rings is 5. The molecule has 0 bridgehead atoms. The first-order chi connectivity index (χ1) is 13.4. The van der Waals surface area contributed by atoms with Gasteiger partial charge < -0.3 is 4.98 Å². The fourth-order valence-electron chi connectivity index (χ4n) is 4.37. The molecular weight excluding hydrogens is 326 g/mol. The van der Waals surface area contributed by atoms with E-state index in [1.54, 1.807) is 0 Å². The Bertz CT molecular complexity index is 1470. The number of aromatic amines is 1. The molecule has 0 fully saturated rings. The fourth-order valence-corrected chi connectivity index (χ4v) is 4.37. The molecule has 0 saturated carbocycles. The first-order valence-electron chi connectivity index (χ1n) is 9.30. The van der Waals surface area contributed by atoms with E-state index < -0.39 is 0 Å². The molecule has 0 spiro atoms. The van der Waals surface area contributed by atoms with Gasteiger partial charge in [-0.2, -0.15) is 0 Å². The molecule has 1 nitrogen and oxygen atoms in total. The minimum absolute atomic E-state index is 1.19. The quantitative estimate of drug-likeness (QED) is 0.302. The predicted molar refractivity (Wildman–Crippen MR) is 116 cm³/mol. The third-order valence-electron chi connectivity index (χ3n) is 5.60. The molecule has 6 rings (SSSR count). The van der Waals surface area contributed by atoms with E-state index in [-0.39, 0.29) is 0 Å². The molecule has 5 aromatic carbocycles. The molecule has 0 aliphatic heterocycles. The lowest BCUT2D eigenvalue weighted by atomic mass is 9.92. The van der Waals surface area contributed by atoms with Gasteiger partial charge in [0, 0.05) is 21.9 Å². The van der Waals surface area contributed by atoms with Crippen molar-refractivity contribution >= 4 is 43.4 Å². The third kappa shape index (κ3) is 2.06. The number of H-pyrrole nitrogens is 1. The summed E-state index contributed by atoms with van der Waals surface area (Å²) >= 11 is 0. The maximum atomic E-state index is 3.66. The van der Waals surface area contributed by atoms with Crippen LogP contribution in [0.4, 0.5) is 0 Å². The molecule has 27 heavy (non-hydrogen) atoms. The summed E-state index contributed by atoms with van der Waals surface area (Å²) in [6, 6.07) is 34.8. The maximum absolute atomic E-state index is 3.66. The third-order valence-corrected chi connectivity index (χ3v) is 5.60. The molecule has 126 valence electrons. The Labute approximate surface area is 156 Å². The van der Waals surface area contributed by atoms with E-state index in [1.807, 2.05) is 0 Å². The smallest absolute Gasteiger partial charge is 0.0544 e. The van der Waals surface area contributed by atoms with Gasteiger partial charge in [-0.1, -0.05) is 84.9 Å². The first-order valence-corrected chi connectivity index (χ1v) is 9.30. The van der Waals surface area contributed by atoms with E-state index in [9.17, 15) is 0 Å². The summed E-state index contributed by atoms with van der Waals surface area (Å²) in [5, 5.41) is 7.74. The summed E-state index contributed by atoms with van der Waals surface area (Å²) in [4.78, 5) is 3.66. The molecule has 0 amide bonds. The summed E-state index contributed by atoms with van der Waals surface area (Å²) in [6.07, 6.45) is 0. The van der Waals surface area contributed by atoms with Gasteiger partial charge in [0.05, 0.1) is 5.52 Å². The molecule has 0 unspecified atom stereocenters. The predicted octanol–water partition coefficient (Wildman–Crippen LogP) is 7.29. The Morgan fingerprint density at radius 3 is 2.00 bits per heavy atom. The number of hydrogen-bond donors (Lipinski definition) is 1. The Balaban J connectivity index is 1.80. The summed E-state index contributed by atoms with van der Waals surface area (Å²) in [5.41, 5.74) is 4.93. The molecule has 1 heterocycles. The van der Waals surface area contributed by atoms with Gasteiger partial charge in [0.25, 0.3) is 0 Å². The van der Waals surface area contributed by atoms with Crippen LogP contribution in [0.1, 0.15) is 0 Å². The maximum Gasteiger partial charge on any atom is 0.0544 e. The summed E-state index contributed by atoms with van der Waals surface area (Å²) in [6.45, 7) is 0. The van der Waals surface area contributed by atoms with Crippen molar-refractivity contribution in [3.8, 4) is 11.1 Å². The second-order valence-corrected chi connectivity index (χ2v) is 7.09. The fraction of sp³-hybridized carbons (Fsp3) is 0. The highest BCUT2D eigenvalue weighted by Gasteiger charge is 2.13. The van der Waals surface area contributed by atoms with E-state index in [1.165, 1.54) is 54.5 Å². The zero-order valence-corrected chi connectivity index (χ0v) is 14.7. The van der Waals surface area contributed by atoms with Crippen LogP contribution in [0.25, 0.3) is 54.5 Å². The van der Waals surface area contributed by atoms with Crippen molar-refractivity contribution in [1.29, 1.82) is 0 Å². The van der Waals surface area contributed by atoms with Crippen LogP contribution in [0, 0.1) is 0 Å². The SMILES string of the molecule is c1ccc2c(c1)cc(-c1cccc3c1[nH]c1ccccc13)c1ccccc12. The van der Waals surface area contributed by atoms with Gasteiger partial charge in [0.1, 0.15) is 0 Å². The van der Waals surface area contributed by atoms with E-state index in [4.69, 9.17) is 0 Å². The molecule has 0 atom stereocenters. The second-order valence-electron chi connectivity index (χ2n) is 7.09. The van der Waals surface area contributed by atoms with Crippen molar-refractivity contribution < 1.29 is 0 Å². The number of para-hydroxylation sites is 2. The van der Waals surface area contributed by atoms with Gasteiger partial charge in [0.2, 0.25) is 0 Å². The van der Waals surface area contributed by atoms with Crippen LogP contribution in [0.15, 0.2) is 97.1 Å². The van der Waals surface area contributed by atoms with Gasteiger partial charge in [-0.25, -0.2) is 0 Å².